The van der Waals surface area contributed by atoms with Crippen LogP contribution < -0.4 is 11.5 Å². The number of halogens is 1. The lowest BCUT2D eigenvalue weighted by atomic mass is 10.3. The van der Waals surface area contributed by atoms with Gasteiger partial charge in [-0.1, -0.05) is 0 Å². The van der Waals surface area contributed by atoms with Crippen LogP contribution in [0.15, 0.2) is 12.4 Å². The third-order valence-electron chi connectivity index (χ3n) is 1.28. The second kappa shape index (κ2) is 4.74. The van der Waals surface area contributed by atoms with E-state index in [1.54, 1.807) is 10.9 Å². The Balaban J connectivity index is 0.00000121. The zero-order valence-corrected chi connectivity index (χ0v) is 7.25. The van der Waals surface area contributed by atoms with E-state index in [2.05, 4.69) is 5.10 Å². The number of nitrogens with two attached hydrogens (primary N) is 2. The quantitative estimate of drug-likeness (QED) is 0.665. The molecule has 5 nitrogen and oxygen atoms in total. The normalized spacial score (nSPS) is 9.08. The lowest BCUT2D eigenvalue weighted by Gasteiger charge is -1.93. The molecule has 1 aromatic rings. The molecule has 1 heterocycles. The number of amides is 1. The van der Waals surface area contributed by atoms with Crippen LogP contribution in [0.1, 0.15) is 10.4 Å². The van der Waals surface area contributed by atoms with Gasteiger partial charge in [0.25, 0.3) is 5.91 Å². The number of rotatable bonds is 3. The Kier molecular flexibility index (Phi) is 4.31. The van der Waals surface area contributed by atoms with Crippen LogP contribution in [0, 0.1) is 0 Å². The maximum absolute atomic E-state index is 10.6. The maximum atomic E-state index is 10.6. The summed E-state index contributed by atoms with van der Waals surface area (Å²) in [5.74, 6) is -0.465. The van der Waals surface area contributed by atoms with E-state index in [0.717, 1.165) is 0 Å². The third-order valence-corrected chi connectivity index (χ3v) is 1.28. The minimum atomic E-state index is -0.465. The summed E-state index contributed by atoms with van der Waals surface area (Å²) in [5.41, 5.74) is 10.7. The van der Waals surface area contributed by atoms with E-state index in [1.807, 2.05) is 0 Å². The van der Waals surface area contributed by atoms with Crippen molar-refractivity contribution in [3.8, 4) is 0 Å². The summed E-state index contributed by atoms with van der Waals surface area (Å²) >= 11 is 0. The van der Waals surface area contributed by atoms with Crippen molar-refractivity contribution in [1.29, 1.82) is 0 Å². The van der Waals surface area contributed by atoms with Crippen molar-refractivity contribution in [2.45, 2.75) is 6.54 Å². The first-order valence-electron chi connectivity index (χ1n) is 3.26. The molecule has 0 aliphatic rings. The maximum Gasteiger partial charge on any atom is 0.251 e. The molecule has 0 saturated carbocycles. The van der Waals surface area contributed by atoms with Crippen molar-refractivity contribution in [1.82, 2.24) is 9.78 Å². The van der Waals surface area contributed by atoms with Gasteiger partial charge in [-0.05, 0) is 0 Å². The van der Waals surface area contributed by atoms with Gasteiger partial charge in [-0.2, -0.15) is 5.10 Å². The van der Waals surface area contributed by atoms with Crippen LogP contribution in [0.5, 0.6) is 0 Å². The Morgan fingerprint density at radius 3 is 2.75 bits per heavy atom. The summed E-state index contributed by atoms with van der Waals surface area (Å²) in [6, 6.07) is 0. The first-order chi connectivity index (χ1) is 5.24. The SMILES string of the molecule is Cl.NCCn1cc(C(N)=O)cn1. The highest BCUT2D eigenvalue weighted by molar-refractivity contribution is 5.92. The van der Waals surface area contributed by atoms with E-state index < -0.39 is 5.91 Å². The van der Waals surface area contributed by atoms with Gasteiger partial charge in [0.15, 0.2) is 0 Å². The summed E-state index contributed by atoms with van der Waals surface area (Å²) in [5, 5.41) is 3.86. The molecule has 6 heteroatoms. The second-order valence-corrected chi connectivity index (χ2v) is 2.15. The van der Waals surface area contributed by atoms with Crippen molar-refractivity contribution >= 4 is 18.3 Å². The molecule has 0 aliphatic carbocycles. The van der Waals surface area contributed by atoms with Crippen molar-refractivity contribution in [2.75, 3.05) is 6.54 Å². The van der Waals surface area contributed by atoms with Crippen LogP contribution in [0.3, 0.4) is 0 Å². The molecule has 0 bridgehead atoms. The van der Waals surface area contributed by atoms with Crippen LogP contribution in [0.25, 0.3) is 0 Å². The summed E-state index contributed by atoms with van der Waals surface area (Å²) in [4.78, 5) is 10.6. The van der Waals surface area contributed by atoms with Gasteiger partial charge >= 0.3 is 0 Å². The lowest BCUT2D eigenvalue weighted by molar-refractivity contribution is 0.1000. The molecule has 1 rings (SSSR count). The van der Waals surface area contributed by atoms with E-state index in [9.17, 15) is 4.79 Å². The fourth-order valence-electron chi connectivity index (χ4n) is 0.745. The molecule has 0 radical (unpaired) electrons. The molecule has 0 saturated heterocycles. The van der Waals surface area contributed by atoms with Crippen molar-refractivity contribution in [3.63, 3.8) is 0 Å². The van der Waals surface area contributed by atoms with Gasteiger partial charge in [0.1, 0.15) is 0 Å². The fourth-order valence-corrected chi connectivity index (χ4v) is 0.745. The molecule has 4 N–H and O–H groups in total. The molecule has 0 aliphatic heterocycles. The van der Waals surface area contributed by atoms with Crippen LogP contribution in [0.4, 0.5) is 0 Å². The summed E-state index contributed by atoms with van der Waals surface area (Å²) in [6.45, 7) is 1.10. The van der Waals surface area contributed by atoms with E-state index in [4.69, 9.17) is 11.5 Å². The molecular formula is C6H11ClN4O. The van der Waals surface area contributed by atoms with Gasteiger partial charge < -0.3 is 11.5 Å². The number of aromatic nitrogens is 2. The van der Waals surface area contributed by atoms with Crippen molar-refractivity contribution < 1.29 is 4.79 Å². The zero-order valence-electron chi connectivity index (χ0n) is 6.43. The first-order valence-corrected chi connectivity index (χ1v) is 3.26. The average Bonchev–Trinajstić information content (AvgIpc) is 2.37. The Bertz CT molecular complexity index is 260. The van der Waals surface area contributed by atoms with Gasteiger partial charge in [0.2, 0.25) is 0 Å². The highest BCUT2D eigenvalue weighted by Crippen LogP contribution is 1.94. The lowest BCUT2D eigenvalue weighted by Crippen LogP contribution is -2.11. The number of primary amides is 1. The largest absolute Gasteiger partial charge is 0.366 e. The number of hydrogen-bond donors (Lipinski definition) is 2. The molecule has 68 valence electrons. The smallest absolute Gasteiger partial charge is 0.251 e. The number of carbonyl (C=O) groups is 1. The van der Waals surface area contributed by atoms with Gasteiger partial charge in [0.05, 0.1) is 18.3 Å². The predicted molar refractivity (Wildman–Crippen MR) is 47.0 cm³/mol. The van der Waals surface area contributed by atoms with Gasteiger partial charge in [-0.3, -0.25) is 9.48 Å². The molecule has 0 aromatic carbocycles. The van der Waals surface area contributed by atoms with Crippen LogP contribution in [-0.2, 0) is 6.54 Å². The Morgan fingerprint density at radius 2 is 2.33 bits per heavy atom. The highest BCUT2D eigenvalue weighted by Gasteiger charge is 2.01. The highest BCUT2D eigenvalue weighted by atomic mass is 35.5. The Labute approximate surface area is 76.1 Å². The molecule has 0 unspecified atom stereocenters. The van der Waals surface area contributed by atoms with Gasteiger partial charge in [0, 0.05) is 12.7 Å². The topological polar surface area (TPSA) is 86.9 Å². The second-order valence-electron chi connectivity index (χ2n) is 2.15. The summed E-state index contributed by atoms with van der Waals surface area (Å²) < 4.78 is 1.58. The van der Waals surface area contributed by atoms with E-state index in [-0.39, 0.29) is 12.4 Å². The molecule has 12 heavy (non-hydrogen) atoms. The molecule has 0 fully saturated rings. The van der Waals surface area contributed by atoms with E-state index in [1.165, 1.54) is 6.20 Å². The zero-order chi connectivity index (χ0) is 8.27. The minimum Gasteiger partial charge on any atom is -0.366 e. The molecule has 1 aromatic heterocycles. The standard InChI is InChI=1S/C6H10N4O.ClH/c7-1-2-10-4-5(3-9-10)6(8)11;/h3-4H,1-2,7H2,(H2,8,11);1H. The van der Waals surface area contributed by atoms with Gasteiger partial charge in [-0.25, -0.2) is 0 Å². The van der Waals surface area contributed by atoms with Gasteiger partial charge in [-0.15, -0.1) is 12.4 Å². The predicted octanol–water partition coefficient (Wildman–Crippen LogP) is -0.638. The molecule has 1 amide bonds. The Morgan fingerprint density at radius 1 is 1.67 bits per heavy atom. The van der Waals surface area contributed by atoms with Crippen LogP contribution in [0.2, 0.25) is 0 Å². The van der Waals surface area contributed by atoms with Crippen LogP contribution in [-0.4, -0.2) is 22.2 Å². The number of nitrogens with zero attached hydrogens (tertiary/aromatic N) is 2. The van der Waals surface area contributed by atoms with Crippen molar-refractivity contribution in [3.05, 3.63) is 18.0 Å². The summed E-state index contributed by atoms with van der Waals surface area (Å²) in [6.07, 6.45) is 3.01. The third kappa shape index (κ3) is 2.52. The average molecular weight is 191 g/mol. The first kappa shape index (κ1) is 10.9. The van der Waals surface area contributed by atoms with Crippen LogP contribution >= 0.6 is 12.4 Å². The van der Waals surface area contributed by atoms with Crippen molar-refractivity contribution in [2.24, 2.45) is 11.5 Å². The minimum absolute atomic E-state index is 0. The fraction of sp³-hybridized carbons (Fsp3) is 0.333. The number of hydrogen-bond acceptors (Lipinski definition) is 3. The Hall–Kier alpha value is -1.07. The monoisotopic (exact) mass is 190 g/mol. The number of carbonyl (C=O) groups excluding carboxylic acids is 1. The molecule has 0 spiro atoms. The molecule has 0 atom stereocenters. The molecular weight excluding hydrogens is 180 g/mol. The summed E-state index contributed by atoms with van der Waals surface area (Å²) in [7, 11) is 0. The van der Waals surface area contributed by atoms with E-state index in [0.29, 0.717) is 18.7 Å². The van der Waals surface area contributed by atoms with E-state index >= 15 is 0 Å².